The molecule has 174 valence electrons. The van der Waals surface area contributed by atoms with Gasteiger partial charge in [-0.25, -0.2) is 9.59 Å². The first-order chi connectivity index (χ1) is 15.8. The van der Waals surface area contributed by atoms with Gasteiger partial charge in [0.2, 0.25) is 5.91 Å². The summed E-state index contributed by atoms with van der Waals surface area (Å²) in [5, 5.41) is 14.8. The molecule has 3 atom stereocenters. The Balaban J connectivity index is 1.30. The average Bonchev–Trinajstić information content (AvgIpc) is 3.38. The lowest BCUT2D eigenvalue weighted by atomic mass is 9.98. The first-order valence-electron chi connectivity index (χ1n) is 11.5. The second-order valence-electron chi connectivity index (χ2n) is 9.25. The lowest BCUT2D eigenvalue weighted by molar-refractivity contribution is -0.143. The highest BCUT2D eigenvalue weighted by molar-refractivity contribution is 5.85. The van der Waals surface area contributed by atoms with Gasteiger partial charge >= 0.3 is 12.1 Å². The lowest BCUT2D eigenvalue weighted by Gasteiger charge is -2.20. The summed E-state index contributed by atoms with van der Waals surface area (Å²) in [6, 6.07) is 15.3. The Morgan fingerprint density at radius 2 is 1.61 bits per heavy atom. The third kappa shape index (κ3) is 4.87. The third-order valence-electron chi connectivity index (χ3n) is 6.70. The SMILES string of the molecule is CC(C)[C@@H](NC(=O)C1CCC(NC(=O)OCC2c3ccccc3-c3ccccc32)C1)C(=O)O. The van der Waals surface area contributed by atoms with E-state index in [1.54, 1.807) is 13.8 Å². The number of ether oxygens (including phenoxy) is 1. The molecule has 0 saturated heterocycles. The first kappa shape index (κ1) is 22.8. The van der Waals surface area contributed by atoms with Crippen molar-refractivity contribution < 1.29 is 24.2 Å². The van der Waals surface area contributed by atoms with Gasteiger partial charge in [-0.05, 0) is 47.4 Å². The van der Waals surface area contributed by atoms with Crippen LogP contribution >= 0.6 is 0 Å². The molecule has 1 fully saturated rings. The van der Waals surface area contributed by atoms with Crippen LogP contribution in [0.15, 0.2) is 48.5 Å². The number of carboxylic acids is 1. The number of alkyl carbamates (subject to hydrolysis) is 1. The van der Waals surface area contributed by atoms with Gasteiger partial charge in [-0.1, -0.05) is 62.4 Å². The molecule has 0 aliphatic heterocycles. The molecule has 2 amide bonds. The van der Waals surface area contributed by atoms with E-state index in [0.717, 1.165) is 11.1 Å². The maximum atomic E-state index is 12.5. The number of carboxylic acid groups (broad SMARTS) is 1. The number of aliphatic carboxylic acids is 1. The van der Waals surface area contributed by atoms with E-state index in [0.29, 0.717) is 19.3 Å². The van der Waals surface area contributed by atoms with E-state index in [9.17, 15) is 19.5 Å². The van der Waals surface area contributed by atoms with Crippen LogP contribution < -0.4 is 10.6 Å². The van der Waals surface area contributed by atoms with Gasteiger partial charge in [0.25, 0.3) is 0 Å². The van der Waals surface area contributed by atoms with Gasteiger partial charge in [-0.3, -0.25) is 4.79 Å². The molecule has 1 saturated carbocycles. The molecule has 2 aromatic carbocycles. The highest BCUT2D eigenvalue weighted by Gasteiger charge is 2.34. The minimum absolute atomic E-state index is 0.00533. The van der Waals surface area contributed by atoms with E-state index in [4.69, 9.17) is 4.74 Å². The van der Waals surface area contributed by atoms with Crippen LogP contribution in [0.1, 0.15) is 50.2 Å². The second-order valence-corrected chi connectivity index (χ2v) is 9.25. The fourth-order valence-electron chi connectivity index (χ4n) is 4.94. The van der Waals surface area contributed by atoms with Crippen molar-refractivity contribution in [1.29, 1.82) is 0 Å². The van der Waals surface area contributed by atoms with E-state index in [-0.39, 0.29) is 36.3 Å². The normalized spacial score (nSPS) is 20.1. The smallest absolute Gasteiger partial charge is 0.407 e. The molecule has 7 nitrogen and oxygen atoms in total. The Bertz CT molecular complexity index is 1000. The number of benzene rings is 2. The van der Waals surface area contributed by atoms with Crippen molar-refractivity contribution in [3.63, 3.8) is 0 Å². The zero-order valence-corrected chi connectivity index (χ0v) is 18.9. The van der Waals surface area contributed by atoms with Gasteiger partial charge in [-0.15, -0.1) is 0 Å². The Labute approximate surface area is 193 Å². The number of nitrogens with one attached hydrogen (secondary N) is 2. The summed E-state index contributed by atoms with van der Waals surface area (Å²) in [6.45, 7) is 3.76. The number of amides is 2. The number of rotatable bonds is 7. The van der Waals surface area contributed by atoms with E-state index in [1.165, 1.54) is 11.1 Å². The van der Waals surface area contributed by atoms with Crippen LogP contribution in [0.4, 0.5) is 4.79 Å². The molecule has 0 radical (unpaired) electrons. The van der Waals surface area contributed by atoms with E-state index in [1.807, 2.05) is 24.3 Å². The lowest BCUT2D eigenvalue weighted by Crippen LogP contribution is -2.46. The molecule has 7 heteroatoms. The standard InChI is InChI=1S/C26H30N2O5/c1-15(2)23(25(30)31)28-24(29)16-11-12-17(13-16)27-26(32)33-14-22-20-9-5-3-7-18(20)19-8-4-6-10-21(19)22/h3-10,15-17,22-23H,11-14H2,1-2H3,(H,27,32)(H,28,29)(H,30,31)/t16?,17?,23-/m1/s1. The molecule has 33 heavy (non-hydrogen) atoms. The molecule has 0 bridgehead atoms. The largest absolute Gasteiger partial charge is 0.480 e. The van der Waals surface area contributed by atoms with E-state index in [2.05, 4.69) is 34.9 Å². The third-order valence-corrected chi connectivity index (χ3v) is 6.70. The number of carbonyl (C=O) groups excluding carboxylic acids is 2. The number of carbonyl (C=O) groups is 3. The predicted molar refractivity (Wildman–Crippen MR) is 124 cm³/mol. The number of hydrogen-bond donors (Lipinski definition) is 3. The average molecular weight is 451 g/mol. The van der Waals surface area contributed by atoms with Crippen LogP contribution in [-0.4, -0.2) is 41.8 Å². The molecule has 3 N–H and O–H groups in total. The topological polar surface area (TPSA) is 105 Å². The van der Waals surface area contributed by atoms with Crippen molar-refractivity contribution in [2.75, 3.05) is 6.61 Å². The molecule has 2 aliphatic rings. The Morgan fingerprint density at radius 1 is 1.00 bits per heavy atom. The van der Waals surface area contributed by atoms with Crippen LogP contribution in [0.3, 0.4) is 0 Å². The van der Waals surface area contributed by atoms with Gasteiger partial charge in [-0.2, -0.15) is 0 Å². The van der Waals surface area contributed by atoms with E-state index < -0.39 is 18.1 Å². The fraction of sp³-hybridized carbons (Fsp3) is 0.423. The molecule has 2 aromatic rings. The van der Waals surface area contributed by atoms with Crippen molar-refractivity contribution >= 4 is 18.0 Å². The Morgan fingerprint density at radius 3 is 2.18 bits per heavy atom. The van der Waals surface area contributed by atoms with Crippen LogP contribution in [0.5, 0.6) is 0 Å². The summed E-state index contributed by atoms with van der Waals surface area (Å²) >= 11 is 0. The summed E-state index contributed by atoms with van der Waals surface area (Å²) < 4.78 is 5.60. The zero-order valence-electron chi connectivity index (χ0n) is 18.9. The van der Waals surface area contributed by atoms with Crippen LogP contribution in [0.2, 0.25) is 0 Å². The first-order valence-corrected chi connectivity index (χ1v) is 11.5. The van der Waals surface area contributed by atoms with Crippen molar-refractivity contribution in [2.45, 2.75) is 51.1 Å². The monoisotopic (exact) mass is 450 g/mol. The summed E-state index contributed by atoms with van der Waals surface area (Å²) in [6.07, 6.45) is 1.24. The summed E-state index contributed by atoms with van der Waals surface area (Å²) in [4.78, 5) is 36.4. The van der Waals surface area contributed by atoms with Crippen molar-refractivity contribution in [1.82, 2.24) is 10.6 Å². The van der Waals surface area contributed by atoms with Crippen LogP contribution in [0, 0.1) is 11.8 Å². The molecular formula is C26H30N2O5. The van der Waals surface area contributed by atoms with Crippen molar-refractivity contribution in [3.8, 4) is 11.1 Å². The molecule has 2 unspecified atom stereocenters. The number of fused-ring (bicyclic) bond motifs is 3. The summed E-state index contributed by atoms with van der Waals surface area (Å²) in [5.74, 6) is -1.83. The van der Waals surface area contributed by atoms with Crippen LogP contribution in [0.25, 0.3) is 11.1 Å². The Kier molecular flexibility index (Phi) is 6.67. The Hall–Kier alpha value is -3.35. The minimum Gasteiger partial charge on any atom is -0.480 e. The maximum absolute atomic E-state index is 12.5. The van der Waals surface area contributed by atoms with Gasteiger partial charge in [0.1, 0.15) is 12.6 Å². The molecule has 2 aliphatic carbocycles. The summed E-state index contributed by atoms with van der Waals surface area (Å²) in [7, 11) is 0. The predicted octanol–water partition coefficient (Wildman–Crippen LogP) is 3.92. The van der Waals surface area contributed by atoms with Gasteiger partial charge in [0.15, 0.2) is 0 Å². The molecule has 4 rings (SSSR count). The summed E-state index contributed by atoms with van der Waals surface area (Å²) in [5.41, 5.74) is 4.66. The van der Waals surface area contributed by atoms with Gasteiger partial charge in [0.05, 0.1) is 0 Å². The number of hydrogen-bond acceptors (Lipinski definition) is 4. The molecule has 0 heterocycles. The second kappa shape index (κ2) is 9.65. The minimum atomic E-state index is -1.04. The maximum Gasteiger partial charge on any atom is 0.407 e. The highest BCUT2D eigenvalue weighted by Crippen LogP contribution is 2.44. The quantitative estimate of drug-likeness (QED) is 0.593. The van der Waals surface area contributed by atoms with Crippen molar-refractivity contribution in [2.24, 2.45) is 11.8 Å². The fourth-order valence-corrected chi connectivity index (χ4v) is 4.94. The molecule has 0 aromatic heterocycles. The van der Waals surface area contributed by atoms with Crippen molar-refractivity contribution in [3.05, 3.63) is 59.7 Å². The highest BCUT2D eigenvalue weighted by atomic mass is 16.5. The molecular weight excluding hydrogens is 420 g/mol. The van der Waals surface area contributed by atoms with E-state index >= 15 is 0 Å². The van der Waals surface area contributed by atoms with Crippen LogP contribution in [-0.2, 0) is 14.3 Å². The zero-order chi connectivity index (χ0) is 23.5. The van der Waals surface area contributed by atoms with Gasteiger partial charge < -0.3 is 20.5 Å². The molecule has 0 spiro atoms. The van der Waals surface area contributed by atoms with Gasteiger partial charge in [0, 0.05) is 17.9 Å².